The summed E-state index contributed by atoms with van der Waals surface area (Å²) in [5, 5.41) is 10.5. The van der Waals surface area contributed by atoms with Crippen molar-refractivity contribution in [2.24, 2.45) is 5.73 Å². The number of halogens is 1. The van der Waals surface area contributed by atoms with Crippen LogP contribution in [0.5, 0.6) is 0 Å². The second-order valence-corrected chi connectivity index (χ2v) is 6.70. The molecule has 1 aliphatic rings. The third-order valence-corrected chi connectivity index (χ3v) is 4.99. The highest BCUT2D eigenvalue weighted by atomic mass is 35.5. The minimum Gasteiger partial charge on any atom is -0.328 e. The van der Waals surface area contributed by atoms with Crippen molar-refractivity contribution in [1.82, 2.24) is 4.72 Å². The standard InChI is InChI=1S/C12H17N3O4S.ClH/c13-9-1-3-10(4-2-9)14-20(18,19)12-7-5-11(6-8-12)15(16)17;/h5-10,14H,1-4,13H2;1H. The smallest absolute Gasteiger partial charge is 0.269 e. The lowest BCUT2D eigenvalue weighted by Gasteiger charge is -2.26. The fourth-order valence-electron chi connectivity index (χ4n) is 2.27. The van der Waals surface area contributed by atoms with E-state index in [0.29, 0.717) is 12.8 Å². The molecular formula is C12H18ClN3O4S. The Kier molecular flexibility index (Phi) is 6.09. The zero-order chi connectivity index (χ0) is 14.8. The van der Waals surface area contributed by atoms with Gasteiger partial charge in [0, 0.05) is 24.2 Å². The van der Waals surface area contributed by atoms with E-state index in [0.717, 1.165) is 12.8 Å². The Hall–Kier alpha value is -1.22. The van der Waals surface area contributed by atoms with E-state index in [4.69, 9.17) is 5.73 Å². The number of hydrogen-bond acceptors (Lipinski definition) is 5. The van der Waals surface area contributed by atoms with Crippen LogP contribution in [0.2, 0.25) is 0 Å². The summed E-state index contributed by atoms with van der Waals surface area (Å²) in [7, 11) is -3.63. The molecule has 118 valence electrons. The minimum absolute atomic E-state index is 0. The van der Waals surface area contributed by atoms with Crippen molar-refractivity contribution in [2.75, 3.05) is 0 Å². The first kappa shape index (κ1) is 17.8. The van der Waals surface area contributed by atoms with Gasteiger partial charge in [0.05, 0.1) is 9.82 Å². The molecule has 2 rings (SSSR count). The Morgan fingerprint density at radius 2 is 1.67 bits per heavy atom. The largest absolute Gasteiger partial charge is 0.328 e. The molecule has 0 saturated heterocycles. The molecule has 0 aliphatic heterocycles. The summed E-state index contributed by atoms with van der Waals surface area (Å²) in [4.78, 5) is 10.0. The molecule has 0 radical (unpaired) electrons. The van der Waals surface area contributed by atoms with Crippen molar-refractivity contribution in [1.29, 1.82) is 0 Å². The van der Waals surface area contributed by atoms with Gasteiger partial charge in [-0.2, -0.15) is 0 Å². The Balaban J connectivity index is 0.00000220. The number of hydrogen-bond donors (Lipinski definition) is 2. The molecular weight excluding hydrogens is 318 g/mol. The van der Waals surface area contributed by atoms with Crippen molar-refractivity contribution >= 4 is 28.1 Å². The summed E-state index contributed by atoms with van der Waals surface area (Å²) in [6.45, 7) is 0. The molecule has 1 fully saturated rings. The molecule has 1 saturated carbocycles. The predicted octanol–water partition coefficient (Wildman–Crippen LogP) is 1.56. The third kappa shape index (κ3) is 4.63. The number of rotatable bonds is 4. The summed E-state index contributed by atoms with van der Waals surface area (Å²) in [5.41, 5.74) is 5.64. The second kappa shape index (κ2) is 7.17. The van der Waals surface area contributed by atoms with E-state index in [1.165, 1.54) is 24.3 Å². The Labute approximate surface area is 129 Å². The quantitative estimate of drug-likeness (QED) is 0.640. The maximum atomic E-state index is 12.2. The van der Waals surface area contributed by atoms with Gasteiger partial charge in [0.25, 0.3) is 5.69 Å². The van der Waals surface area contributed by atoms with Crippen LogP contribution in [-0.2, 0) is 10.0 Å². The zero-order valence-corrected chi connectivity index (χ0v) is 12.9. The molecule has 3 N–H and O–H groups in total. The lowest BCUT2D eigenvalue weighted by atomic mass is 9.93. The van der Waals surface area contributed by atoms with Crippen molar-refractivity contribution < 1.29 is 13.3 Å². The normalized spacial score (nSPS) is 22.3. The Morgan fingerprint density at radius 3 is 2.14 bits per heavy atom. The molecule has 9 heteroatoms. The molecule has 1 aromatic rings. The van der Waals surface area contributed by atoms with E-state index in [2.05, 4.69) is 4.72 Å². The molecule has 0 atom stereocenters. The van der Waals surface area contributed by atoms with Crippen molar-refractivity contribution in [2.45, 2.75) is 42.7 Å². The number of nitro benzene ring substituents is 1. The highest BCUT2D eigenvalue weighted by molar-refractivity contribution is 7.89. The molecule has 0 spiro atoms. The van der Waals surface area contributed by atoms with Gasteiger partial charge in [-0.15, -0.1) is 12.4 Å². The fraction of sp³-hybridized carbons (Fsp3) is 0.500. The summed E-state index contributed by atoms with van der Waals surface area (Å²) >= 11 is 0. The topological polar surface area (TPSA) is 115 Å². The first-order valence-electron chi connectivity index (χ1n) is 6.41. The van der Waals surface area contributed by atoms with Crippen LogP contribution in [0.1, 0.15) is 25.7 Å². The van der Waals surface area contributed by atoms with E-state index < -0.39 is 14.9 Å². The first-order chi connectivity index (χ1) is 9.38. The van der Waals surface area contributed by atoms with Crippen LogP contribution < -0.4 is 10.5 Å². The maximum Gasteiger partial charge on any atom is 0.269 e. The maximum absolute atomic E-state index is 12.2. The Bertz CT molecular complexity index is 583. The van der Waals surface area contributed by atoms with E-state index in [1.54, 1.807) is 0 Å². The number of benzene rings is 1. The first-order valence-corrected chi connectivity index (χ1v) is 7.89. The lowest BCUT2D eigenvalue weighted by molar-refractivity contribution is -0.384. The number of nitrogens with one attached hydrogen (secondary N) is 1. The Morgan fingerprint density at radius 1 is 1.14 bits per heavy atom. The van der Waals surface area contributed by atoms with Crippen LogP contribution in [0.3, 0.4) is 0 Å². The number of non-ortho nitro benzene ring substituents is 1. The molecule has 1 aromatic carbocycles. The highest BCUT2D eigenvalue weighted by Crippen LogP contribution is 2.20. The molecule has 0 heterocycles. The SMILES string of the molecule is Cl.NC1CCC(NS(=O)(=O)c2ccc([N+](=O)[O-])cc2)CC1. The molecule has 7 nitrogen and oxygen atoms in total. The van der Waals surface area contributed by atoms with Crippen LogP contribution >= 0.6 is 12.4 Å². The van der Waals surface area contributed by atoms with E-state index in [-0.39, 0.29) is 35.1 Å². The molecule has 1 aliphatic carbocycles. The summed E-state index contributed by atoms with van der Waals surface area (Å²) in [6.07, 6.45) is 3.03. The average Bonchev–Trinajstić information content (AvgIpc) is 2.41. The van der Waals surface area contributed by atoms with Crippen molar-refractivity contribution in [3.63, 3.8) is 0 Å². The van der Waals surface area contributed by atoms with Gasteiger partial charge >= 0.3 is 0 Å². The monoisotopic (exact) mass is 335 g/mol. The van der Waals surface area contributed by atoms with Gasteiger partial charge in [-0.25, -0.2) is 13.1 Å². The highest BCUT2D eigenvalue weighted by Gasteiger charge is 2.24. The molecule has 0 amide bonds. The second-order valence-electron chi connectivity index (χ2n) is 4.98. The molecule has 21 heavy (non-hydrogen) atoms. The van der Waals surface area contributed by atoms with Gasteiger partial charge in [-0.3, -0.25) is 10.1 Å². The van der Waals surface area contributed by atoms with E-state index in [1.807, 2.05) is 0 Å². The van der Waals surface area contributed by atoms with Gasteiger partial charge in [0.15, 0.2) is 0 Å². The van der Waals surface area contributed by atoms with Gasteiger partial charge < -0.3 is 5.73 Å². The molecule has 0 unspecified atom stereocenters. The van der Waals surface area contributed by atoms with E-state index in [9.17, 15) is 18.5 Å². The van der Waals surface area contributed by atoms with Gasteiger partial charge in [0.1, 0.15) is 0 Å². The van der Waals surface area contributed by atoms with Gasteiger partial charge in [-0.05, 0) is 37.8 Å². The fourth-order valence-corrected chi connectivity index (χ4v) is 3.58. The summed E-state index contributed by atoms with van der Waals surface area (Å²) < 4.78 is 26.9. The molecule has 0 aromatic heterocycles. The number of nitrogens with two attached hydrogens (primary N) is 1. The van der Waals surface area contributed by atoms with Crippen molar-refractivity contribution in [3.05, 3.63) is 34.4 Å². The van der Waals surface area contributed by atoms with Crippen LogP contribution in [0.25, 0.3) is 0 Å². The number of nitrogens with zero attached hydrogens (tertiary/aromatic N) is 1. The van der Waals surface area contributed by atoms with E-state index >= 15 is 0 Å². The number of sulfonamides is 1. The van der Waals surface area contributed by atoms with Crippen LogP contribution in [0.4, 0.5) is 5.69 Å². The molecule has 0 bridgehead atoms. The lowest BCUT2D eigenvalue weighted by Crippen LogP contribution is -2.40. The van der Waals surface area contributed by atoms with Crippen LogP contribution in [0.15, 0.2) is 29.2 Å². The number of nitro groups is 1. The van der Waals surface area contributed by atoms with Gasteiger partial charge in [0.2, 0.25) is 10.0 Å². The van der Waals surface area contributed by atoms with Crippen molar-refractivity contribution in [3.8, 4) is 0 Å². The van der Waals surface area contributed by atoms with Crippen LogP contribution in [-0.4, -0.2) is 25.4 Å². The summed E-state index contributed by atoms with van der Waals surface area (Å²) in [5.74, 6) is 0. The predicted molar refractivity (Wildman–Crippen MR) is 80.9 cm³/mol. The minimum atomic E-state index is -3.63. The third-order valence-electron chi connectivity index (χ3n) is 3.45. The average molecular weight is 336 g/mol. The van der Waals surface area contributed by atoms with Gasteiger partial charge in [-0.1, -0.05) is 0 Å². The summed E-state index contributed by atoms with van der Waals surface area (Å²) in [6, 6.07) is 4.89. The van der Waals surface area contributed by atoms with Crippen LogP contribution in [0, 0.1) is 10.1 Å². The zero-order valence-electron chi connectivity index (χ0n) is 11.3.